The molecule has 0 spiro atoms. The summed E-state index contributed by atoms with van der Waals surface area (Å²) in [5.74, 6) is -1.50. The Morgan fingerprint density at radius 1 is 1.14 bits per heavy atom. The molecule has 1 amide bonds. The van der Waals surface area contributed by atoms with Crippen LogP contribution < -0.4 is 10.1 Å². The van der Waals surface area contributed by atoms with E-state index >= 15 is 0 Å². The Bertz CT molecular complexity index is 521. The Hall–Kier alpha value is -2.11. The van der Waals surface area contributed by atoms with Crippen LogP contribution in [-0.2, 0) is 9.59 Å². The monoisotopic (exact) mass is 309 g/mol. The third kappa shape index (κ3) is 4.19. The molecule has 5 nitrogen and oxygen atoms in total. The van der Waals surface area contributed by atoms with E-state index in [2.05, 4.69) is 5.32 Å². The van der Waals surface area contributed by atoms with E-state index in [1.165, 1.54) is 24.3 Å². The molecular weight excluding hydrogens is 289 g/mol. The molecule has 0 radical (unpaired) electrons. The minimum absolute atomic E-state index is 0.291. The molecule has 0 saturated heterocycles. The van der Waals surface area contributed by atoms with E-state index < -0.39 is 17.4 Å². The normalized spacial score (nSPS) is 17.3. The number of benzene rings is 1. The molecule has 1 saturated carbocycles. The molecular formula is C16H20FNO4. The Kier molecular flexibility index (Phi) is 5.35. The zero-order valence-electron chi connectivity index (χ0n) is 12.3. The van der Waals surface area contributed by atoms with Crippen LogP contribution in [0.25, 0.3) is 0 Å². The van der Waals surface area contributed by atoms with Crippen LogP contribution >= 0.6 is 0 Å². The minimum atomic E-state index is -1.19. The van der Waals surface area contributed by atoms with Crippen molar-refractivity contribution in [1.29, 1.82) is 0 Å². The van der Waals surface area contributed by atoms with Crippen molar-refractivity contribution in [2.24, 2.45) is 0 Å². The Labute approximate surface area is 128 Å². The first-order chi connectivity index (χ1) is 10.5. The molecule has 0 unspecified atom stereocenters. The zero-order chi connectivity index (χ0) is 16.0. The van der Waals surface area contributed by atoms with Gasteiger partial charge in [0.05, 0.1) is 0 Å². The summed E-state index contributed by atoms with van der Waals surface area (Å²) in [5.41, 5.74) is -1.19. The van der Waals surface area contributed by atoms with Crippen molar-refractivity contribution in [3.8, 4) is 5.75 Å². The Morgan fingerprint density at radius 2 is 1.73 bits per heavy atom. The second kappa shape index (κ2) is 7.24. The maximum Gasteiger partial charge on any atom is 0.329 e. The molecule has 0 bridgehead atoms. The van der Waals surface area contributed by atoms with Gasteiger partial charge in [-0.2, -0.15) is 0 Å². The smallest absolute Gasteiger partial charge is 0.329 e. The zero-order valence-corrected chi connectivity index (χ0v) is 12.3. The van der Waals surface area contributed by atoms with Crippen LogP contribution in [-0.4, -0.2) is 29.1 Å². The van der Waals surface area contributed by atoms with Crippen LogP contribution in [0.2, 0.25) is 0 Å². The van der Waals surface area contributed by atoms with Gasteiger partial charge < -0.3 is 15.2 Å². The lowest BCUT2D eigenvalue weighted by atomic mass is 9.90. The summed E-state index contributed by atoms with van der Waals surface area (Å²) in [6.45, 7) is -0.291. The molecule has 1 aromatic carbocycles. The second-order valence-electron chi connectivity index (χ2n) is 5.59. The Balaban J connectivity index is 1.93. The topological polar surface area (TPSA) is 75.6 Å². The number of carboxylic acids is 1. The predicted molar refractivity (Wildman–Crippen MR) is 78.1 cm³/mol. The fourth-order valence-corrected chi connectivity index (χ4v) is 2.71. The van der Waals surface area contributed by atoms with Crippen molar-refractivity contribution in [1.82, 2.24) is 5.32 Å². The average Bonchev–Trinajstić information content (AvgIpc) is 2.73. The van der Waals surface area contributed by atoms with Crippen molar-refractivity contribution < 1.29 is 23.8 Å². The van der Waals surface area contributed by atoms with E-state index in [1.54, 1.807) is 0 Å². The first kappa shape index (κ1) is 16.3. The standard InChI is InChI=1S/C16H20FNO4/c17-12-5-7-13(8-6-12)22-11-14(19)18-16(15(20)21)9-3-1-2-4-10-16/h5-8H,1-4,9-11H2,(H,18,19)(H,20,21). The van der Waals surface area contributed by atoms with Crippen molar-refractivity contribution >= 4 is 11.9 Å². The number of carboxylic acid groups (broad SMARTS) is 1. The molecule has 0 heterocycles. The number of carbonyl (C=O) groups is 2. The number of halogens is 1. The van der Waals surface area contributed by atoms with Gasteiger partial charge in [-0.25, -0.2) is 9.18 Å². The highest BCUT2D eigenvalue weighted by Gasteiger charge is 2.40. The van der Waals surface area contributed by atoms with E-state index in [4.69, 9.17) is 4.74 Å². The van der Waals surface area contributed by atoms with Crippen LogP contribution in [0.1, 0.15) is 38.5 Å². The van der Waals surface area contributed by atoms with Gasteiger partial charge in [-0.15, -0.1) is 0 Å². The number of carbonyl (C=O) groups excluding carboxylic acids is 1. The number of hydrogen-bond acceptors (Lipinski definition) is 3. The van der Waals surface area contributed by atoms with E-state index in [9.17, 15) is 19.1 Å². The van der Waals surface area contributed by atoms with Gasteiger partial charge in [0.1, 0.15) is 17.1 Å². The molecule has 22 heavy (non-hydrogen) atoms. The lowest BCUT2D eigenvalue weighted by Crippen LogP contribution is -2.55. The molecule has 1 aromatic rings. The Morgan fingerprint density at radius 3 is 2.27 bits per heavy atom. The van der Waals surface area contributed by atoms with Gasteiger partial charge in [0.2, 0.25) is 0 Å². The highest BCUT2D eigenvalue weighted by Crippen LogP contribution is 2.27. The first-order valence-corrected chi connectivity index (χ1v) is 7.45. The van der Waals surface area contributed by atoms with Crippen molar-refractivity contribution in [2.75, 3.05) is 6.61 Å². The van der Waals surface area contributed by atoms with Crippen LogP contribution in [0.5, 0.6) is 5.75 Å². The number of hydrogen-bond donors (Lipinski definition) is 2. The number of nitrogens with one attached hydrogen (secondary N) is 1. The largest absolute Gasteiger partial charge is 0.484 e. The van der Waals surface area contributed by atoms with Crippen LogP contribution in [0, 0.1) is 5.82 Å². The number of aliphatic carboxylic acids is 1. The molecule has 1 aliphatic carbocycles. The highest BCUT2D eigenvalue weighted by molar-refractivity contribution is 5.87. The highest BCUT2D eigenvalue weighted by atomic mass is 19.1. The van der Waals surface area contributed by atoms with Crippen LogP contribution in [0.3, 0.4) is 0 Å². The van der Waals surface area contributed by atoms with E-state index in [0.717, 1.165) is 25.7 Å². The van der Waals surface area contributed by atoms with Crippen molar-refractivity contribution in [3.05, 3.63) is 30.1 Å². The van der Waals surface area contributed by atoms with E-state index in [1.807, 2.05) is 0 Å². The maximum atomic E-state index is 12.8. The molecule has 1 aliphatic rings. The predicted octanol–water partition coefficient (Wildman–Crippen LogP) is 2.50. The lowest BCUT2D eigenvalue weighted by Gasteiger charge is -2.29. The van der Waals surface area contributed by atoms with Gasteiger partial charge in [-0.3, -0.25) is 4.79 Å². The van der Waals surface area contributed by atoms with Crippen LogP contribution in [0.15, 0.2) is 24.3 Å². The summed E-state index contributed by atoms with van der Waals surface area (Å²) >= 11 is 0. The summed E-state index contributed by atoms with van der Waals surface area (Å²) in [5, 5.41) is 12.1. The molecule has 120 valence electrons. The maximum absolute atomic E-state index is 12.8. The lowest BCUT2D eigenvalue weighted by molar-refractivity contribution is -0.148. The fraction of sp³-hybridized carbons (Fsp3) is 0.500. The quantitative estimate of drug-likeness (QED) is 0.819. The minimum Gasteiger partial charge on any atom is -0.484 e. The molecule has 0 aliphatic heterocycles. The SMILES string of the molecule is O=C(COc1ccc(F)cc1)NC1(C(=O)O)CCCCCC1. The molecule has 2 rings (SSSR count). The van der Waals surface area contributed by atoms with Crippen molar-refractivity contribution in [2.45, 2.75) is 44.1 Å². The summed E-state index contributed by atoms with van der Waals surface area (Å²) in [6.07, 6.45) is 4.40. The summed E-state index contributed by atoms with van der Waals surface area (Å²) in [6, 6.07) is 5.30. The molecule has 0 atom stereocenters. The molecule has 2 N–H and O–H groups in total. The number of ether oxygens (including phenoxy) is 1. The second-order valence-corrected chi connectivity index (χ2v) is 5.59. The van der Waals surface area contributed by atoms with Crippen molar-refractivity contribution in [3.63, 3.8) is 0 Å². The van der Waals surface area contributed by atoms with E-state index in [-0.39, 0.29) is 12.4 Å². The molecule has 6 heteroatoms. The van der Waals surface area contributed by atoms with Gasteiger partial charge in [0.25, 0.3) is 5.91 Å². The first-order valence-electron chi connectivity index (χ1n) is 7.45. The van der Waals surface area contributed by atoms with Gasteiger partial charge in [0, 0.05) is 0 Å². The van der Waals surface area contributed by atoms with Gasteiger partial charge in [0.15, 0.2) is 6.61 Å². The summed E-state index contributed by atoms with van der Waals surface area (Å²) < 4.78 is 18.0. The number of rotatable bonds is 5. The molecule has 0 aromatic heterocycles. The summed E-state index contributed by atoms with van der Waals surface area (Å²) in [4.78, 5) is 23.6. The van der Waals surface area contributed by atoms with Gasteiger partial charge >= 0.3 is 5.97 Å². The number of amides is 1. The average molecular weight is 309 g/mol. The third-order valence-corrected chi connectivity index (χ3v) is 3.93. The van der Waals surface area contributed by atoms with E-state index in [0.29, 0.717) is 18.6 Å². The van der Waals surface area contributed by atoms with Crippen LogP contribution in [0.4, 0.5) is 4.39 Å². The van der Waals surface area contributed by atoms with Gasteiger partial charge in [-0.1, -0.05) is 25.7 Å². The van der Waals surface area contributed by atoms with Gasteiger partial charge in [-0.05, 0) is 37.1 Å². The summed E-state index contributed by atoms with van der Waals surface area (Å²) in [7, 11) is 0. The third-order valence-electron chi connectivity index (χ3n) is 3.93. The fourth-order valence-electron chi connectivity index (χ4n) is 2.71. The molecule has 1 fully saturated rings.